The van der Waals surface area contributed by atoms with Gasteiger partial charge in [-0.2, -0.15) is 0 Å². The average molecular weight is 174 g/mol. The lowest BCUT2D eigenvalue weighted by atomic mass is 9.99. The Morgan fingerprint density at radius 3 is 0.917 bits per heavy atom. The molecule has 1 rings (SSSR count). The van der Waals surface area contributed by atoms with E-state index in [1.165, 1.54) is 45.3 Å². The van der Waals surface area contributed by atoms with Crippen LogP contribution in [0.25, 0.3) is 0 Å². The first-order valence-electron chi connectivity index (χ1n) is 5.09. The normalized spacial score (nSPS) is 14.8. The SMILES string of the molecule is C1CCCCC1.CB(O)O.CC. The van der Waals surface area contributed by atoms with Crippen LogP contribution in [0.3, 0.4) is 0 Å². The fraction of sp³-hybridized carbons (Fsp3) is 1.00. The van der Waals surface area contributed by atoms with Crippen LogP contribution in [0.5, 0.6) is 0 Å². The lowest BCUT2D eigenvalue weighted by Crippen LogP contribution is -2.00. The largest absolute Gasteiger partial charge is 0.448 e. The molecule has 2 N–H and O–H groups in total. The predicted molar refractivity (Wildman–Crippen MR) is 55.1 cm³/mol. The van der Waals surface area contributed by atoms with Crippen molar-refractivity contribution in [3.63, 3.8) is 0 Å². The van der Waals surface area contributed by atoms with E-state index in [2.05, 4.69) is 0 Å². The molecule has 0 aromatic heterocycles. The van der Waals surface area contributed by atoms with E-state index >= 15 is 0 Å². The Balaban J connectivity index is 0. The summed E-state index contributed by atoms with van der Waals surface area (Å²) in [6, 6.07) is 0. The number of hydrogen-bond acceptors (Lipinski definition) is 2. The monoisotopic (exact) mass is 174 g/mol. The van der Waals surface area contributed by atoms with E-state index in [-0.39, 0.29) is 0 Å². The Labute approximate surface area is 77.1 Å². The van der Waals surface area contributed by atoms with Gasteiger partial charge in [-0.15, -0.1) is 0 Å². The quantitative estimate of drug-likeness (QED) is 0.553. The molecule has 0 unspecified atom stereocenters. The van der Waals surface area contributed by atoms with Crippen molar-refractivity contribution < 1.29 is 10.0 Å². The minimum atomic E-state index is -1.17. The second kappa shape index (κ2) is 13.6. The van der Waals surface area contributed by atoms with Gasteiger partial charge in [0.15, 0.2) is 0 Å². The summed E-state index contributed by atoms with van der Waals surface area (Å²) in [5, 5.41) is 15.2. The van der Waals surface area contributed by atoms with E-state index in [9.17, 15) is 0 Å². The standard InChI is InChI=1S/C6H12.C2H6.CH5BO2/c1-2-4-6-5-3-1;1-2;1-2(3)4/h1-6H2;1-2H3;3-4H,1H3. The molecule has 12 heavy (non-hydrogen) atoms. The number of rotatable bonds is 0. The van der Waals surface area contributed by atoms with Gasteiger partial charge in [0.1, 0.15) is 0 Å². The third-order valence-corrected chi connectivity index (χ3v) is 1.50. The van der Waals surface area contributed by atoms with Crippen molar-refractivity contribution in [3.05, 3.63) is 0 Å². The fourth-order valence-electron chi connectivity index (χ4n) is 1.06. The first-order chi connectivity index (χ1) is 5.73. The highest BCUT2D eigenvalue weighted by atomic mass is 16.4. The Kier molecular flexibility index (Phi) is 16.4. The lowest BCUT2D eigenvalue weighted by Gasteiger charge is -2.05. The van der Waals surface area contributed by atoms with Crippen LogP contribution in [0.4, 0.5) is 0 Å². The molecule has 0 aliphatic heterocycles. The van der Waals surface area contributed by atoms with E-state index in [0.29, 0.717) is 0 Å². The highest BCUT2D eigenvalue weighted by Crippen LogP contribution is 2.15. The van der Waals surface area contributed by atoms with Gasteiger partial charge in [0.25, 0.3) is 0 Å². The number of hydrogen-bond donors (Lipinski definition) is 2. The van der Waals surface area contributed by atoms with Crippen LogP contribution < -0.4 is 0 Å². The average Bonchev–Trinajstić information content (AvgIpc) is 2.10. The molecule has 0 radical (unpaired) electrons. The van der Waals surface area contributed by atoms with Crippen LogP contribution in [0.15, 0.2) is 0 Å². The summed E-state index contributed by atoms with van der Waals surface area (Å²) in [5.74, 6) is 0. The molecule has 0 atom stereocenters. The first-order valence-corrected chi connectivity index (χ1v) is 5.09. The lowest BCUT2D eigenvalue weighted by molar-refractivity contribution is 0.417. The minimum Gasteiger partial charge on any atom is -0.427 e. The second-order valence-corrected chi connectivity index (χ2v) is 2.75. The summed E-state index contributed by atoms with van der Waals surface area (Å²) in [6.07, 6.45) is 9.00. The van der Waals surface area contributed by atoms with E-state index in [1.54, 1.807) is 0 Å². The molecule has 74 valence electrons. The summed E-state index contributed by atoms with van der Waals surface area (Å²) in [4.78, 5) is 0. The summed E-state index contributed by atoms with van der Waals surface area (Å²) in [6.45, 7) is 5.28. The molecular weight excluding hydrogens is 151 g/mol. The van der Waals surface area contributed by atoms with Gasteiger partial charge in [-0.3, -0.25) is 0 Å². The van der Waals surface area contributed by atoms with Crippen molar-refractivity contribution in [2.45, 2.75) is 59.2 Å². The molecule has 0 saturated heterocycles. The third-order valence-electron chi connectivity index (χ3n) is 1.50. The van der Waals surface area contributed by atoms with Crippen LogP contribution >= 0.6 is 0 Å². The van der Waals surface area contributed by atoms with Gasteiger partial charge in [-0.05, 0) is 6.82 Å². The van der Waals surface area contributed by atoms with Crippen LogP contribution in [0.1, 0.15) is 52.4 Å². The summed E-state index contributed by atoms with van der Waals surface area (Å²) < 4.78 is 0. The summed E-state index contributed by atoms with van der Waals surface area (Å²) >= 11 is 0. The van der Waals surface area contributed by atoms with Crippen LogP contribution in [-0.2, 0) is 0 Å². The van der Waals surface area contributed by atoms with E-state index < -0.39 is 7.12 Å². The second-order valence-electron chi connectivity index (χ2n) is 2.75. The molecule has 0 bridgehead atoms. The maximum Gasteiger partial charge on any atom is 0.448 e. The molecule has 1 fully saturated rings. The van der Waals surface area contributed by atoms with Gasteiger partial charge in [-0.1, -0.05) is 52.4 Å². The van der Waals surface area contributed by atoms with Gasteiger partial charge in [0, 0.05) is 0 Å². The fourth-order valence-corrected chi connectivity index (χ4v) is 1.06. The smallest absolute Gasteiger partial charge is 0.427 e. The van der Waals surface area contributed by atoms with Crippen LogP contribution in [-0.4, -0.2) is 17.2 Å². The zero-order valence-corrected chi connectivity index (χ0v) is 8.71. The van der Waals surface area contributed by atoms with E-state index in [4.69, 9.17) is 10.0 Å². The summed E-state index contributed by atoms with van der Waals surface area (Å²) in [5.41, 5.74) is 0. The van der Waals surface area contributed by atoms with Gasteiger partial charge < -0.3 is 10.0 Å². The van der Waals surface area contributed by atoms with Gasteiger partial charge >= 0.3 is 7.12 Å². The summed E-state index contributed by atoms with van der Waals surface area (Å²) in [7, 11) is -1.17. The van der Waals surface area contributed by atoms with Crippen LogP contribution in [0.2, 0.25) is 6.82 Å². The van der Waals surface area contributed by atoms with Gasteiger partial charge in [-0.25, -0.2) is 0 Å². The molecule has 2 nitrogen and oxygen atoms in total. The molecule has 0 aromatic rings. The molecule has 0 spiro atoms. The van der Waals surface area contributed by atoms with Crippen molar-refractivity contribution in [3.8, 4) is 0 Å². The first kappa shape index (κ1) is 14.5. The highest BCUT2D eigenvalue weighted by molar-refractivity contribution is 6.38. The Morgan fingerprint density at radius 1 is 0.750 bits per heavy atom. The topological polar surface area (TPSA) is 40.5 Å². The third kappa shape index (κ3) is 22.5. The molecule has 0 heterocycles. The predicted octanol–water partition coefficient (Wildman–Crippen LogP) is 2.46. The maximum absolute atomic E-state index is 7.61. The van der Waals surface area contributed by atoms with E-state index in [0.717, 1.165) is 0 Å². The molecule has 3 heteroatoms. The van der Waals surface area contributed by atoms with Crippen LogP contribution in [0, 0.1) is 0 Å². The zero-order valence-electron chi connectivity index (χ0n) is 8.71. The molecule has 0 aromatic carbocycles. The van der Waals surface area contributed by atoms with Crippen molar-refractivity contribution >= 4 is 7.12 Å². The Bertz CT molecular complexity index is 49.3. The van der Waals surface area contributed by atoms with Crippen molar-refractivity contribution in [2.24, 2.45) is 0 Å². The molecular formula is C9H23BO2. The van der Waals surface area contributed by atoms with Gasteiger partial charge in [0.2, 0.25) is 0 Å². The van der Waals surface area contributed by atoms with E-state index in [1.807, 2.05) is 13.8 Å². The Hall–Kier alpha value is -0.0151. The van der Waals surface area contributed by atoms with Crippen molar-refractivity contribution in [1.29, 1.82) is 0 Å². The molecule has 1 aliphatic carbocycles. The Morgan fingerprint density at radius 2 is 0.833 bits per heavy atom. The zero-order chi connectivity index (χ0) is 9.82. The van der Waals surface area contributed by atoms with Crippen molar-refractivity contribution in [1.82, 2.24) is 0 Å². The maximum atomic E-state index is 7.61. The molecule has 1 aliphatic rings. The minimum absolute atomic E-state index is 1.17. The molecule has 1 saturated carbocycles. The van der Waals surface area contributed by atoms with Crippen molar-refractivity contribution in [2.75, 3.05) is 0 Å². The van der Waals surface area contributed by atoms with Gasteiger partial charge in [0.05, 0.1) is 0 Å². The highest BCUT2D eigenvalue weighted by Gasteiger charge is 1.95. The molecule has 0 amide bonds.